The fourth-order valence-electron chi connectivity index (χ4n) is 11.1. The van der Waals surface area contributed by atoms with Gasteiger partial charge in [0.2, 0.25) is 0 Å². The van der Waals surface area contributed by atoms with Crippen LogP contribution in [0.25, 0.3) is 0 Å². The normalized spacial score (nSPS) is 15.8. The largest absolute Gasteiger partial charge is 0.396 e. The summed E-state index contributed by atoms with van der Waals surface area (Å²) in [5.74, 6) is 2.06. The first-order chi connectivity index (χ1) is 34.4. The molecule has 2 aliphatic rings. The van der Waals surface area contributed by atoms with E-state index in [0.29, 0.717) is 13.2 Å². The van der Waals surface area contributed by atoms with Crippen LogP contribution in [0.2, 0.25) is 0 Å². The lowest BCUT2D eigenvalue weighted by atomic mass is 9.88. The lowest BCUT2D eigenvalue weighted by Crippen LogP contribution is -2.05. The highest BCUT2D eigenvalue weighted by Gasteiger charge is 2.51. The first-order valence-electron chi connectivity index (χ1n) is 28.9. The fraction of sp³-hybridized carbons (Fsp3) is 0.774. The van der Waals surface area contributed by atoms with Crippen molar-refractivity contribution < 1.29 is 38.9 Å². The molecule has 2 aromatic carbocycles. The number of unbranched alkanes of at least 4 members (excludes halogenated alkanes) is 24. The first kappa shape index (κ1) is 65.1. The number of benzene rings is 2. The van der Waals surface area contributed by atoms with Crippen molar-refractivity contribution in [3.05, 3.63) is 71.8 Å². The second-order valence-corrected chi connectivity index (χ2v) is 20.9. The van der Waals surface area contributed by atoms with E-state index in [1.165, 1.54) is 229 Å². The van der Waals surface area contributed by atoms with Gasteiger partial charge in [0.15, 0.2) is 0 Å². The van der Waals surface area contributed by atoms with Crippen molar-refractivity contribution in [3.63, 3.8) is 0 Å². The molecule has 2 unspecified atom stereocenters. The summed E-state index contributed by atoms with van der Waals surface area (Å²) in [6, 6.07) is 21.0. The second-order valence-electron chi connectivity index (χ2n) is 20.9. The number of ether oxygens (including phenoxy) is 2. The summed E-state index contributed by atoms with van der Waals surface area (Å²) in [6.07, 6.45) is 49.8. The predicted molar refractivity (Wildman–Crippen MR) is 286 cm³/mol. The molecule has 0 amide bonds. The summed E-state index contributed by atoms with van der Waals surface area (Å²) in [5.41, 5.74) is 4.04. The van der Waals surface area contributed by atoms with Gasteiger partial charge >= 0.3 is 12.3 Å². The zero-order valence-corrected chi connectivity index (χ0v) is 45.0. The van der Waals surface area contributed by atoms with Gasteiger partial charge in [-0.25, -0.2) is 0 Å². The predicted octanol–water partition coefficient (Wildman–Crippen LogP) is 16.5. The molecule has 0 heterocycles. The molecule has 0 radical (unpaired) electrons. The van der Waals surface area contributed by atoms with Gasteiger partial charge in [-0.2, -0.15) is 19.2 Å². The molecule has 0 saturated heterocycles. The zero-order chi connectivity index (χ0) is 50.9. The highest BCUT2D eigenvalue weighted by molar-refractivity contribution is 5.20. The molecular formula is C62H104O8. The maximum absolute atomic E-state index is 8.80. The van der Waals surface area contributed by atoms with E-state index in [1.807, 2.05) is 0 Å². The lowest BCUT2D eigenvalue weighted by Gasteiger charge is -2.17. The van der Waals surface area contributed by atoms with Crippen molar-refractivity contribution in [2.75, 3.05) is 26.4 Å². The van der Waals surface area contributed by atoms with E-state index >= 15 is 0 Å². The van der Waals surface area contributed by atoms with Gasteiger partial charge in [0.25, 0.3) is 0 Å². The third-order valence-corrected chi connectivity index (χ3v) is 15.5. The third kappa shape index (κ3) is 35.2. The molecule has 70 heavy (non-hydrogen) atoms. The maximum Gasteiger partial charge on any atom is 0.373 e. The molecule has 0 spiro atoms. The van der Waals surface area contributed by atoms with E-state index in [0.717, 1.165) is 61.9 Å². The summed E-state index contributed by atoms with van der Waals surface area (Å²) in [4.78, 5) is 32.5. The van der Waals surface area contributed by atoms with Crippen LogP contribution in [0.3, 0.4) is 0 Å². The van der Waals surface area contributed by atoms with E-state index in [4.69, 9.17) is 38.9 Å². The molecule has 8 heteroatoms. The van der Waals surface area contributed by atoms with Gasteiger partial charge in [0, 0.05) is 26.4 Å². The van der Waals surface area contributed by atoms with Gasteiger partial charge in [0.1, 0.15) is 0 Å². The molecule has 8 nitrogen and oxygen atoms in total. The van der Waals surface area contributed by atoms with Crippen LogP contribution >= 0.6 is 0 Å². The summed E-state index contributed by atoms with van der Waals surface area (Å²) in [6.45, 7) is 8.85. The van der Waals surface area contributed by atoms with Crippen LogP contribution in [-0.4, -0.2) is 48.9 Å². The van der Waals surface area contributed by atoms with Crippen molar-refractivity contribution in [2.45, 2.75) is 258 Å². The van der Waals surface area contributed by atoms with Crippen LogP contribution in [0, 0.1) is 22.7 Å². The molecule has 0 aliphatic heterocycles. The van der Waals surface area contributed by atoms with Crippen molar-refractivity contribution >= 4 is 12.3 Å². The molecule has 2 fully saturated rings. The van der Waals surface area contributed by atoms with Crippen molar-refractivity contribution in [1.29, 1.82) is 0 Å². The number of hydrogen-bond donors (Lipinski definition) is 2. The molecule has 2 N–H and O–H groups in total. The highest BCUT2D eigenvalue weighted by atomic mass is 16.5. The smallest absolute Gasteiger partial charge is 0.373 e. The van der Waals surface area contributed by atoms with Crippen molar-refractivity contribution in [1.82, 2.24) is 0 Å². The van der Waals surface area contributed by atoms with E-state index in [-0.39, 0.29) is 12.3 Å². The van der Waals surface area contributed by atoms with Gasteiger partial charge in [-0.05, 0) is 98.0 Å². The SMILES string of the molecule is CCC1CC1(CCCCCCCCCO)CCCCCCCCCO.CCC1CC1(CCCCCCCCCOCc1ccccc1)CCCCCCCCCOCc1ccccc1.O=C=O.O=C=O. The minimum Gasteiger partial charge on any atom is -0.396 e. The number of aliphatic hydroxyl groups is 2. The fourth-order valence-corrected chi connectivity index (χ4v) is 11.1. The van der Waals surface area contributed by atoms with E-state index < -0.39 is 0 Å². The monoisotopic (exact) mass is 977 g/mol. The quantitative estimate of drug-likeness (QED) is 0.0629. The Kier molecular flexibility index (Phi) is 43.7. The molecule has 2 saturated carbocycles. The van der Waals surface area contributed by atoms with Crippen LogP contribution in [-0.2, 0) is 41.9 Å². The summed E-state index contributed by atoms with van der Waals surface area (Å²) in [7, 11) is 0. The van der Waals surface area contributed by atoms with Crippen LogP contribution in [0.4, 0.5) is 0 Å². The van der Waals surface area contributed by atoms with E-state index in [2.05, 4.69) is 74.5 Å². The van der Waals surface area contributed by atoms with E-state index in [1.54, 1.807) is 0 Å². The Balaban J connectivity index is 0.000000678. The third-order valence-electron chi connectivity index (χ3n) is 15.5. The first-order valence-corrected chi connectivity index (χ1v) is 28.9. The standard InChI is InChI=1S/C37H58O2.C23H46O2.2CO2/c1-2-36-31-37(36,27-19-9-5-3-7-11-21-29-38-32-34-23-15-13-16-24-34)28-20-10-6-4-8-12-22-30-39-33-35-25-17-14-18-26-35;1-2-22-21-23(22,17-13-9-5-3-7-11-15-19-24)18-14-10-6-4-8-12-16-20-25;2*2-1-3/h13-18,23-26,36H,2-12,19-22,27-33H2,1H3;22,24-25H,2-21H2,1H3;;. The highest BCUT2D eigenvalue weighted by Crippen LogP contribution is 2.62. The molecule has 400 valence electrons. The topological polar surface area (TPSA) is 127 Å². The van der Waals surface area contributed by atoms with Gasteiger partial charge in [-0.15, -0.1) is 0 Å². The summed E-state index contributed by atoms with van der Waals surface area (Å²) >= 11 is 0. The van der Waals surface area contributed by atoms with Crippen LogP contribution in [0.5, 0.6) is 0 Å². The lowest BCUT2D eigenvalue weighted by molar-refractivity contribution is -0.193. The molecule has 0 bridgehead atoms. The molecule has 2 aromatic rings. The molecular weight excluding hydrogens is 873 g/mol. The average Bonchev–Trinajstić information content (AvgIpc) is 4.29. The molecule has 0 aromatic heterocycles. The Morgan fingerprint density at radius 1 is 0.400 bits per heavy atom. The minimum absolute atomic E-state index is 0.250. The van der Waals surface area contributed by atoms with Crippen molar-refractivity contribution in [2.24, 2.45) is 22.7 Å². The van der Waals surface area contributed by atoms with Gasteiger partial charge < -0.3 is 19.7 Å². The Bertz CT molecular complexity index is 1380. The second kappa shape index (κ2) is 47.1. The molecule has 4 rings (SSSR count). The van der Waals surface area contributed by atoms with Crippen LogP contribution in [0.1, 0.15) is 256 Å². The maximum atomic E-state index is 8.80. The van der Waals surface area contributed by atoms with Gasteiger partial charge in [-0.1, -0.05) is 241 Å². The van der Waals surface area contributed by atoms with Crippen LogP contribution < -0.4 is 0 Å². The number of hydrogen-bond acceptors (Lipinski definition) is 8. The van der Waals surface area contributed by atoms with Crippen LogP contribution in [0.15, 0.2) is 60.7 Å². The summed E-state index contributed by atoms with van der Waals surface area (Å²) < 4.78 is 11.6. The number of aliphatic hydroxyl groups excluding tert-OH is 2. The van der Waals surface area contributed by atoms with Gasteiger partial charge in [0.05, 0.1) is 13.2 Å². The number of rotatable bonds is 44. The molecule has 2 atom stereocenters. The van der Waals surface area contributed by atoms with Crippen molar-refractivity contribution in [3.8, 4) is 0 Å². The minimum atomic E-state index is 0.250. The Morgan fingerprint density at radius 2 is 0.643 bits per heavy atom. The van der Waals surface area contributed by atoms with E-state index in [9.17, 15) is 0 Å². The average molecular weight is 978 g/mol. The Labute approximate surface area is 428 Å². The summed E-state index contributed by atoms with van der Waals surface area (Å²) in [5, 5.41) is 17.6. The molecule has 2 aliphatic carbocycles. The van der Waals surface area contributed by atoms with Gasteiger partial charge in [-0.3, -0.25) is 0 Å². The Morgan fingerprint density at radius 3 is 0.886 bits per heavy atom. The Hall–Kier alpha value is -2.96. The number of carbonyl (C=O) groups excluding carboxylic acids is 4. The zero-order valence-electron chi connectivity index (χ0n) is 45.0.